The molecule has 20 nitrogen and oxygen atoms in total. The second-order valence-electron chi connectivity index (χ2n) is 15.6. The van der Waals surface area contributed by atoms with Gasteiger partial charge in [-0.25, -0.2) is 26.8 Å². The largest absolute Gasteiger partial charge is 0.493 e. The number of aromatic nitrogens is 8. The van der Waals surface area contributed by atoms with Crippen LogP contribution in [-0.2, 0) is 47.0 Å². The van der Waals surface area contributed by atoms with Gasteiger partial charge in [0.1, 0.15) is 34.2 Å². The second kappa shape index (κ2) is 19.2. The fraction of sp³-hybridized carbons (Fsp3) is 0.261. The number of fused-ring (bicyclic) bond motifs is 2. The fourth-order valence-corrected chi connectivity index (χ4v) is 9.75. The van der Waals surface area contributed by atoms with Crippen LogP contribution in [0.4, 0.5) is 22.7 Å². The number of sulfonamides is 2. The summed E-state index contributed by atoms with van der Waals surface area (Å²) in [4.78, 5) is 41.2. The Morgan fingerprint density at radius 3 is 1.31 bits per heavy atom. The molecule has 4 aromatic carbocycles. The third-order valence-electron chi connectivity index (χ3n) is 10.7. The highest BCUT2D eigenvalue weighted by Crippen LogP contribution is 2.34. The predicted molar refractivity (Wildman–Crippen MR) is 258 cm³/mol. The Labute approximate surface area is 390 Å². The zero-order valence-electron chi connectivity index (χ0n) is 38.0. The van der Waals surface area contributed by atoms with Gasteiger partial charge in [0.25, 0.3) is 31.2 Å². The number of anilines is 2. The number of hydrogen-bond donors (Lipinski definition) is 4. The molecule has 22 heteroatoms. The first kappa shape index (κ1) is 46.8. The molecule has 4 aromatic heterocycles. The van der Waals surface area contributed by atoms with E-state index >= 15 is 0 Å². The molecular weight excluding hydrogens is 913 g/mol. The van der Waals surface area contributed by atoms with Crippen LogP contribution in [0, 0.1) is 0 Å². The minimum Gasteiger partial charge on any atom is -0.493 e. The van der Waals surface area contributed by atoms with E-state index in [1.165, 1.54) is 70.0 Å². The molecule has 8 rings (SSSR count). The Balaban J connectivity index is 0.960. The van der Waals surface area contributed by atoms with Crippen LogP contribution in [0.25, 0.3) is 44.8 Å². The van der Waals surface area contributed by atoms with E-state index in [4.69, 9.17) is 19.4 Å². The minimum atomic E-state index is -4.14. The molecule has 68 heavy (non-hydrogen) atoms. The maximum Gasteiger partial charge on any atom is 0.277 e. The third kappa shape index (κ3) is 9.58. The van der Waals surface area contributed by atoms with E-state index in [0.29, 0.717) is 69.2 Å². The Morgan fingerprint density at radius 2 is 0.956 bits per heavy atom. The molecule has 4 N–H and O–H groups in total. The lowest BCUT2D eigenvalue weighted by Crippen LogP contribution is -2.15. The van der Waals surface area contributed by atoms with E-state index < -0.39 is 31.2 Å². The molecule has 0 unspecified atom stereocenters. The minimum absolute atomic E-state index is 0.0907. The number of nitrogens with zero attached hydrogens (tertiary/aromatic N) is 8. The average molecular weight is 961 g/mol. The van der Waals surface area contributed by atoms with E-state index in [2.05, 4.69) is 39.8 Å². The van der Waals surface area contributed by atoms with Crippen molar-refractivity contribution in [2.24, 2.45) is 24.3 Å². The molecule has 0 radical (unpaired) electrons. The Kier molecular flexibility index (Phi) is 13.2. The van der Waals surface area contributed by atoms with Crippen LogP contribution in [0.3, 0.4) is 0 Å². The van der Waals surface area contributed by atoms with Crippen LogP contribution in [0.2, 0.25) is 0 Å². The number of benzene rings is 4. The van der Waals surface area contributed by atoms with Gasteiger partial charge in [0, 0.05) is 25.5 Å². The quantitative estimate of drug-likeness (QED) is 0.0604. The molecule has 0 aliphatic carbocycles. The van der Waals surface area contributed by atoms with Crippen LogP contribution in [-0.4, -0.2) is 69.5 Å². The summed E-state index contributed by atoms with van der Waals surface area (Å²) in [6.07, 6.45) is 2.80. The summed E-state index contributed by atoms with van der Waals surface area (Å²) in [6, 6.07) is 21.1. The number of aromatic amines is 2. The lowest BCUT2D eigenvalue weighted by Gasteiger charge is -2.13. The van der Waals surface area contributed by atoms with Crippen molar-refractivity contribution in [1.82, 2.24) is 39.5 Å². The van der Waals surface area contributed by atoms with Crippen molar-refractivity contribution in [3.63, 3.8) is 0 Å². The Bertz CT molecular complexity index is 3330. The number of H-pyrrole nitrogens is 2. The van der Waals surface area contributed by atoms with Crippen molar-refractivity contribution >= 4 is 64.9 Å². The summed E-state index contributed by atoms with van der Waals surface area (Å²) in [5.41, 5.74) is 3.90. The lowest BCUT2D eigenvalue weighted by atomic mass is 10.1. The Hall–Kier alpha value is -7.72. The molecule has 8 aromatic rings. The number of aryl methyl sites for hydroxylation is 4. The van der Waals surface area contributed by atoms with E-state index in [1.54, 1.807) is 52.2 Å². The van der Waals surface area contributed by atoms with Crippen molar-refractivity contribution in [2.75, 3.05) is 22.7 Å². The summed E-state index contributed by atoms with van der Waals surface area (Å²) in [7, 11) is -4.94. The van der Waals surface area contributed by atoms with Crippen molar-refractivity contribution in [1.29, 1.82) is 0 Å². The van der Waals surface area contributed by atoms with E-state index in [-0.39, 0.29) is 57.2 Å². The number of rotatable bonds is 18. The summed E-state index contributed by atoms with van der Waals surface area (Å²) in [5.74, 6) is 0.973. The molecule has 0 amide bonds. The molecule has 352 valence electrons. The van der Waals surface area contributed by atoms with Gasteiger partial charge in [-0.05, 0) is 112 Å². The first-order valence-corrected chi connectivity index (χ1v) is 24.7. The van der Waals surface area contributed by atoms with Gasteiger partial charge in [-0.1, -0.05) is 26.7 Å². The fourth-order valence-electron chi connectivity index (χ4n) is 7.58. The first-order chi connectivity index (χ1) is 32.6. The van der Waals surface area contributed by atoms with Crippen molar-refractivity contribution in [3.8, 4) is 34.3 Å². The van der Waals surface area contributed by atoms with Gasteiger partial charge >= 0.3 is 0 Å². The first-order valence-electron chi connectivity index (χ1n) is 21.8. The van der Waals surface area contributed by atoms with Crippen LogP contribution in [0.5, 0.6) is 11.5 Å². The highest BCUT2D eigenvalue weighted by molar-refractivity contribution is 7.93. The molecular formula is C46H48N12O8S2. The molecule has 0 spiro atoms. The smallest absolute Gasteiger partial charge is 0.277 e. The zero-order valence-corrected chi connectivity index (χ0v) is 39.6. The van der Waals surface area contributed by atoms with Gasteiger partial charge in [-0.2, -0.15) is 20.4 Å². The monoisotopic (exact) mass is 960 g/mol. The zero-order chi connectivity index (χ0) is 48.3. The molecule has 0 saturated carbocycles. The van der Waals surface area contributed by atoms with Crippen molar-refractivity contribution in [3.05, 3.63) is 117 Å². The lowest BCUT2D eigenvalue weighted by molar-refractivity contribution is 0.341. The molecule has 0 aliphatic rings. The van der Waals surface area contributed by atoms with Gasteiger partial charge in [-0.3, -0.25) is 28.4 Å². The van der Waals surface area contributed by atoms with Crippen LogP contribution in [0.1, 0.15) is 51.9 Å². The molecule has 0 bridgehead atoms. The van der Waals surface area contributed by atoms with E-state index in [1.807, 2.05) is 13.8 Å². The predicted octanol–water partition coefficient (Wildman–Crippen LogP) is 7.68. The van der Waals surface area contributed by atoms with Crippen molar-refractivity contribution < 1.29 is 26.3 Å². The standard InChI is InChI=1S/C46H48N12O8S2/c1-7-11-35-39-41(57(5)53-35)45(59)49-43(47-39)33-25-31(21-23-37(33)65-9-3)67(61,62)55-29-17-13-27(14-18-29)51-52-28-15-19-30(20-16-28)56-68(63,64)32-22-24-38(66-10-4)34(26-32)44-48-40-36(12-8-2)54-58(6)42(40)46(60)50-44/h13-26,55-56H,7-12H2,1-6H3,(H,47,49,59)(H,48,50,60). The maximum absolute atomic E-state index is 13.7. The van der Waals surface area contributed by atoms with Crippen LogP contribution < -0.4 is 30.0 Å². The third-order valence-corrected chi connectivity index (χ3v) is 13.4. The van der Waals surface area contributed by atoms with E-state index in [9.17, 15) is 26.4 Å². The van der Waals surface area contributed by atoms with Crippen LogP contribution in [0.15, 0.2) is 115 Å². The topological polar surface area (TPSA) is 263 Å². The SMILES string of the molecule is CCCc1nn(C)c2c(=O)[nH]c(-c3cc(S(=O)(=O)Nc4ccc(N=Nc5ccc(NS(=O)(=O)c6ccc(OCC)c(-c7nc8c(CCC)nn(C)c8c(=O)[nH]7)c6)cc5)cc4)ccc3OCC)nc12. The highest BCUT2D eigenvalue weighted by Gasteiger charge is 2.24. The van der Waals surface area contributed by atoms with Gasteiger partial charge in [0.2, 0.25) is 0 Å². The van der Waals surface area contributed by atoms with Gasteiger partial charge in [-0.15, -0.1) is 0 Å². The summed E-state index contributed by atoms with van der Waals surface area (Å²) < 4.78 is 74.5. The van der Waals surface area contributed by atoms with Crippen molar-refractivity contribution in [2.45, 2.75) is 63.2 Å². The summed E-state index contributed by atoms with van der Waals surface area (Å²) in [6.45, 7) is 8.17. The number of ether oxygens (including phenoxy) is 2. The number of azo groups is 1. The van der Waals surface area contributed by atoms with Gasteiger partial charge in [0.15, 0.2) is 11.0 Å². The molecule has 0 saturated heterocycles. The second-order valence-corrected chi connectivity index (χ2v) is 18.9. The molecule has 0 aliphatic heterocycles. The summed E-state index contributed by atoms with van der Waals surface area (Å²) >= 11 is 0. The molecule has 4 heterocycles. The molecule has 0 atom stereocenters. The number of nitrogens with one attached hydrogen (secondary N) is 4. The van der Waals surface area contributed by atoms with Gasteiger partial charge in [0.05, 0.1) is 56.9 Å². The molecule has 0 fully saturated rings. The number of hydrogen-bond acceptors (Lipinski definition) is 14. The summed E-state index contributed by atoms with van der Waals surface area (Å²) in [5, 5.41) is 17.4. The Morgan fingerprint density at radius 1 is 0.574 bits per heavy atom. The van der Waals surface area contributed by atoms with E-state index in [0.717, 1.165) is 12.8 Å². The average Bonchev–Trinajstić information content (AvgIpc) is 3.81. The normalized spacial score (nSPS) is 12.0. The van der Waals surface area contributed by atoms with Crippen LogP contribution >= 0.6 is 0 Å². The van der Waals surface area contributed by atoms with Gasteiger partial charge < -0.3 is 19.4 Å². The highest BCUT2D eigenvalue weighted by atomic mass is 32.2. The maximum atomic E-state index is 13.7.